The van der Waals surface area contributed by atoms with Gasteiger partial charge in [0.05, 0.1) is 5.56 Å². The molecule has 4 nitrogen and oxygen atoms in total. The molecule has 0 bridgehead atoms. The number of phenols is 1. The van der Waals surface area contributed by atoms with E-state index in [0.717, 1.165) is 17.7 Å². The zero-order valence-corrected chi connectivity index (χ0v) is 11.9. The molecule has 2 N–H and O–H groups in total. The highest BCUT2D eigenvalue weighted by Gasteiger charge is 2.29. The molecule has 1 heterocycles. The molecular formula is C17H18N2O2. The summed E-state index contributed by atoms with van der Waals surface area (Å²) in [4.78, 5) is 14.5. The largest absolute Gasteiger partial charge is 0.507 e. The molecule has 0 aliphatic carbocycles. The van der Waals surface area contributed by atoms with Crippen molar-refractivity contribution in [1.29, 1.82) is 0 Å². The summed E-state index contributed by atoms with van der Waals surface area (Å²) in [7, 11) is 1.93. The molecule has 1 amide bonds. The predicted octanol–water partition coefficient (Wildman–Crippen LogP) is 2.70. The fourth-order valence-electron chi connectivity index (χ4n) is 2.87. The van der Waals surface area contributed by atoms with Gasteiger partial charge in [-0.3, -0.25) is 4.79 Å². The van der Waals surface area contributed by atoms with Crippen molar-refractivity contribution in [2.75, 3.05) is 18.5 Å². The number of fused-ring (bicyclic) bond motifs is 1. The topological polar surface area (TPSA) is 52.6 Å². The van der Waals surface area contributed by atoms with Crippen LogP contribution in [0.1, 0.15) is 28.4 Å². The van der Waals surface area contributed by atoms with Gasteiger partial charge in [-0.1, -0.05) is 30.3 Å². The minimum atomic E-state index is -0.157. The number of rotatable bonds is 2. The number of amides is 1. The third-order valence-electron chi connectivity index (χ3n) is 3.97. The number of nitrogens with one attached hydrogen (secondary N) is 1. The average molecular weight is 282 g/mol. The zero-order chi connectivity index (χ0) is 14.8. The number of para-hydroxylation sites is 2. The number of hydrogen-bond acceptors (Lipinski definition) is 3. The Hall–Kier alpha value is -2.33. The first-order valence-electron chi connectivity index (χ1n) is 7.08. The molecule has 2 aromatic rings. The maximum Gasteiger partial charge on any atom is 0.262 e. The average Bonchev–Trinajstić information content (AvgIpc) is 2.53. The van der Waals surface area contributed by atoms with Crippen molar-refractivity contribution < 1.29 is 9.90 Å². The van der Waals surface area contributed by atoms with Gasteiger partial charge >= 0.3 is 0 Å². The van der Waals surface area contributed by atoms with Crippen LogP contribution in [0, 0.1) is 0 Å². The van der Waals surface area contributed by atoms with Gasteiger partial charge in [0.15, 0.2) is 0 Å². The molecule has 1 aliphatic heterocycles. The third kappa shape index (κ3) is 2.38. The second kappa shape index (κ2) is 5.58. The first-order valence-corrected chi connectivity index (χ1v) is 7.08. The van der Waals surface area contributed by atoms with Gasteiger partial charge in [-0.2, -0.15) is 0 Å². The van der Waals surface area contributed by atoms with Crippen molar-refractivity contribution in [2.45, 2.75) is 12.5 Å². The predicted molar refractivity (Wildman–Crippen MR) is 82.6 cm³/mol. The van der Waals surface area contributed by atoms with Gasteiger partial charge in [-0.15, -0.1) is 0 Å². The fraction of sp³-hybridized carbons (Fsp3) is 0.235. The molecule has 1 atom stereocenters. The summed E-state index contributed by atoms with van der Waals surface area (Å²) in [5.41, 5.74) is 2.38. The van der Waals surface area contributed by atoms with E-state index in [9.17, 15) is 9.90 Å². The lowest BCUT2D eigenvalue weighted by Gasteiger charge is -2.34. The Morgan fingerprint density at radius 2 is 1.90 bits per heavy atom. The zero-order valence-electron chi connectivity index (χ0n) is 11.9. The maximum absolute atomic E-state index is 12.7. The van der Waals surface area contributed by atoms with E-state index in [2.05, 4.69) is 5.32 Å². The van der Waals surface area contributed by atoms with Gasteiger partial charge in [0.1, 0.15) is 5.75 Å². The minimum Gasteiger partial charge on any atom is -0.507 e. The van der Waals surface area contributed by atoms with Crippen LogP contribution in [0.25, 0.3) is 0 Å². The van der Waals surface area contributed by atoms with Gasteiger partial charge < -0.3 is 15.3 Å². The molecule has 1 aliphatic rings. The number of carbonyl (C=O) groups excluding carboxylic acids is 1. The number of phenolic OH excluding ortho intramolecular Hbond substituents is 1. The Labute approximate surface area is 124 Å². The van der Waals surface area contributed by atoms with E-state index in [-0.39, 0.29) is 17.7 Å². The van der Waals surface area contributed by atoms with Crippen LogP contribution in [0.15, 0.2) is 48.5 Å². The summed E-state index contributed by atoms with van der Waals surface area (Å²) < 4.78 is 0. The lowest BCUT2D eigenvalue weighted by molar-refractivity contribution is 0.0981. The maximum atomic E-state index is 12.7. The SMILES string of the molecule is CNC1CCN(C(=O)c2ccccc2O)c2ccccc21. The second-order valence-electron chi connectivity index (χ2n) is 5.16. The standard InChI is InChI=1S/C17H18N2O2/c1-18-14-10-11-19(15-8-4-2-6-12(14)15)17(21)13-7-3-5-9-16(13)20/h2-9,14,18,20H,10-11H2,1H3. The fourth-order valence-corrected chi connectivity index (χ4v) is 2.87. The first kappa shape index (κ1) is 13.6. The Morgan fingerprint density at radius 3 is 2.67 bits per heavy atom. The Balaban J connectivity index is 2.01. The molecule has 0 radical (unpaired) electrons. The number of nitrogens with zero attached hydrogens (tertiary/aromatic N) is 1. The van der Waals surface area contributed by atoms with Crippen molar-refractivity contribution in [2.24, 2.45) is 0 Å². The lowest BCUT2D eigenvalue weighted by Crippen LogP contribution is -2.39. The molecule has 0 saturated carbocycles. The quantitative estimate of drug-likeness (QED) is 0.890. The summed E-state index contributed by atoms with van der Waals surface area (Å²) in [5.74, 6) is -0.133. The van der Waals surface area contributed by atoms with Crippen LogP contribution in [-0.2, 0) is 0 Å². The van der Waals surface area contributed by atoms with Crippen molar-refractivity contribution in [3.63, 3.8) is 0 Å². The van der Waals surface area contributed by atoms with E-state index >= 15 is 0 Å². The normalized spacial score (nSPS) is 17.4. The number of anilines is 1. The monoisotopic (exact) mass is 282 g/mol. The van der Waals surface area contributed by atoms with Crippen LogP contribution in [0.4, 0.5) is 5.69 Å². The van der Waals surface area contributed by atoms with Crippen molar-refractivity contribution in [1.82, 2.24) is 5.32 Å². The number of aromatic hydroxyl groups is 1. The molecule has 0 fully saturated rings. The minimum absolute atomic E-state index is 0.0238. The van der Waals surface area contributed by atoms with Crippen molar-refractivity contribution in [3.8, 4) is 5.75 Å². The van der Waals surface area contributed by atoms with Crippen molar-refractivity contribution >= 4 is 11.6 Å². The molecule has 2 aromatic carbocycles. The number of hydrogen-bond donors (Lipinski definition) is 2. The summed E-state index contributed by atoms with van der Waals surface area (Å²) in [6.07, 6.45) is 0.854. The number of carbonyl (C=O) groups is 1. The van der Waals surface area contributed by atoms with E-state index in [1.165, 1.54) is 0 Å². The van der Waals surface area contributed by atoms with E-state index in [4.69, 9.17) is 0 Å². The van der Waals surface area contributed by atoms with Crippen LogP contribution < -0.4 is 10.2 Å². The third-order valence-corrected chi connectivity index (χ3v) is 3.97. The highest BCUT2D eigenvalue weighted by Crippen LogP contribution is 2.35. The highest BCUT2D eigenvalue weighted by molar-refractivity contribution is 6.08. The molecule has 0 aromatic heterocycles. The molecular weight excluding hydrogens is 264 g/mol. The summed E-state index contributed by atoms with van der Waals surface area (Å²) in [5, 5.41) is 13.2. The van der Waals surface area contributed by atoms with Crippen LogP contribution in [-0.4, -0.2) is 24.6 Å². The van der Waals surface area contributed by atoms with E-state index in [1.807, 2.05) is 31.3 Å². The highest BCUT2D eigenvalue weighted by atomic mass is 16.3. The molecule has 1 unspecified atom stereocenters. The van der Waals surface area contributed by atoms with Crippen molar-refractivity contribution in [3.05, 3.63) is 59.7 Å². The summed E-state index contributed by atoms with van der Waals surface area (Å²) in [6, 6.07) is 14.8. The summed E-state index contributed by atoms with van der Waals surface area (Å²) >= 11 is 0. The lowest BCUT2D eigenvalue weighted by atomic mass is 9.96. The number of benzene rings is 2. The van der Waals surface area contributed by atoms with E-state index in [0.29, 0.717) is 12.1 Å². The van der Waals surface area contributed by atoms with E-state index < -0.39 is 0 Å². The molecule has 3 rings (SSSR count). The van der Waals surface area contributed by atoms with E-state index in [1.54, 1.807) is 29.2 Å². The van der Waals surface area contributed by atoms with Gasteiger partial charge in [0.2, 0.25) is 0 Å². The Bertz CT molecular complexity index is 669. The van der Waals surface area contributed by atoms with Gasteiger partial charge in [0.25, 0.3) is 5.91 Å². The molecule has 0 saturated heterocycles. The van der Waals surface area contributed by atoms with Crippen LogP contribution in [0.3, 0.4) is 0 Å². The van der Waals surface area contributed by atoms with Gasteiger partial charge in [-0.25, -0.2) is 0 Å². The van der Waals surface area contributed by atoms with Crippen LogP contribution >= 0.6 is 0 Å². The Kier molecular flexibility index (Phi) is 3.62. The van der Waals surface area contributed by atoms with Crippen LogP contribution in [0.5, 0.6) is 5.75 Å². The Morgan fingerprint density at radius 1 is 1.19 bits per heavy atom. The molecule has 0 spiro atoms. The second-order valence-corrected chi connectivity index (χ2v) is 5.16. The molecule has 108 valence electrons. The van der Waals surface area contributed by atoms with Gasteiger partial charge in [-0.05, 0) is 37.2 Å². The first-order chi connectivity index (χ1) is 10.2. The molecule has 21 heavy (non-hydrogen) atoms. The smallest absolute Gasteiger partial charge is 0.262 e. The van der Waals surface area contributed by atoms with Gasteiger partial charge in [0, 0.05) is 18.3 Å². The van der Waals surface area contributed by atoms with Crippen LogP contribution in [0.2, 0.25) is 0 Å². The summed E-state index contributed by atoms with van der Waals surface area (Å²) in [6.45, 7) is 0.635. The molecule has 4 heteroatoms.